The second kappa shape index (κ2) is 7.52. The number of rotatable bonds is 5. The number of carbonyl (C=O) groups is 1. The highest BCUT2D eigenvalue weighted by Gasteiger charge is 2.13. The minimum Gasteiger partial charge on any atom is -0.493 e. The van der Waals surface area contributed by atoms with Gasteiger partial charge in [0.25, 0.3) is 0 Å². The number of esters is 1. The third kappa shape index (κ3) is 4.02. The lowest BCUT2D eigenvalue weighted by Crippen LogP contribution is -2.06. The number of benzene rings is 2. The number of halogens is 1. The van der Waals surface area contributed by atoms with Gasteiger partial charge in [0.1, 0.15) is 0 Å². The van der Waals surface area contributed by atoms with Crippen molar-refractivity contribution < 1.29 is 19.0 Å². The van der Waals surface area contributed by atoms with E-state index in [1.54, 1.807) is 42.5 Å². The molecule has 0 atom stereocenters. The molecule has 0 fully saturated rings. The first-order chi connectivity index (χ1) is 10.6. The molecule has 0 unspecified atom stereocenters. The Morgan fingerprint density at radius 1 is 1.05 bits per heavy atom. The first-order valence-corrected chi connectivity index (χ1v) is 6.88. The highest BCUT2D eigenvalue weighted by Crippen LogP contribution is 2.36. The predicted octanol–water partition coefficient (Wildman–Crippen LogP) is 3.98. The zero-order chi connectivity index (χ0) is 15.9. The van der Waals surface area contributed by atoms with Crippen LogP contribution in [-0.2, 0) is 4.79 Å². The average molecular weight is 319 g/mol. The second-order valence-corrected chi connectivity index (χ2v) is 4.74. The van der Waals surface area contributed by atoms with Crippen molar-refractivity contribution in [2.45, 2.75) is 0 Å². The van der Waals surface area contributed by atoms with Gasteiger partial charge in [-0.2, -0.15) is 0 Å². The van der Waals surface area contributed by atoms with Crippen molar-refractivity contribution >= 4 is 23.6 Å². The summed E-state index contributed by atoms with van der Waals surface area (Å²) in [7, 11) is 2.99. The van der Waals surface area contributed by atoms with E-state index in [1.807, 2.05) is 6.07 Å². The number of ether oxygens (including phenoxy) is 3. The molecule has 4 nitrogen and oxygen atoms in total. The minimum atomic E-state index is -0.539. The van der Waals surface area contributed by atoms with Crippen LogP contribution in [0.3, 0.4) is 0 Å². The molecule has 114 valence electrons. The summed E-state index contributed by atoms with van der Waals surface area (Å²) >= 11 is 5.89. The third-order valence-corrected chi connectivity index (χ3v) is 3.08. The van der Waals surface area contributed by atoms with Crippen molar-refractivity contribution in [3.63, 3.8) is 0 Å². The molecule has 22 heavy (non-hydrogen) atoms. The van der Waals surface area contributed by atoms with Crippen molar-refractivity contribution in [2.75, 3.05) is 14.2 Å². The lowest BCUT2D eigenvalue weighted by molar-refractivity contribution is -0.129. The summed E-state index contributed by atoms with van der Waals surface area (Å²) in [5, 5.41) is 0.599. The van der Waals surface area contributed by atoms with Crippen LogP contribution in [0.1, 0.15) is 5.56 Å². The minimum absolute atomic E-state index is 0.244. The van der Waals surface area contributed by atoms with Gasteiger partial charge in [-0.3, -0.25) is 0 Å². The van der Waals surface area contributed by atoms with Crippen LogP contribution < -0.4 is 14.2 Å². The molecule has 0 bridgehead atoms. The first kappa shape index (κ1) is 15.9. The second-order valence-electron chi connectivity index (χ2n) is 4.30. The largest absolute Gasteiger partial charge is 0.493 e. The fourth-order valence-corrected chi connectivity index (χ4v) is 2.03. The lowest BCUT2D eigenvalue weighted by Gasteiger charge is -2.11. The Kier molecular flexibility index (Phi) is 5.44. The van der Waals surface area contributed by atoms with E-state index in [9.17, 15) is 4.79 Å². The molecule has 0 aliphatic carbocycles. The van der Waals surface area contributed by atoms with Gasteiger partial charge in [-0.15, -0.1) is 0 Å². The summed E-state index contributed by atoms with van der Waals surface area (Å²) in [6.07, 6.45) is 2.94. The van der Waals surface area contributed by atoms with Crippen molar-refractivity contribution in [3.05, 3.63) is 59.1 Å². The zero-order valence-corrected chi connectivity index (χ0v) is 13.0. The number of hydrogen-bond donors (Lipinski definition) is 0. The number of carbonyl (C=O) groups excluding carboxylic acids is 1. The molecule has 0 amide bonds. The van der Waals surface area contributed by atoms with Crippen molar-refractivity contribution in [1.29, 1.82) is 0 Å². The fraction of sp³-hybridized carbons (Fsp3) is 0.118. The van der Waals surface area contributed by atoms with Gasteiger partial charge in [0.05, 0.1) is 14.2 Å². The van der Waals surface area contributed by atoms with Gasteiger partial charge >= 0.3 is 5.97 Å². The molecule has 0 aliphatic heterocycles. The van der Waals surface area contributed by atoms with Crippen molar-refractivity contribution in [1.82, 2.24) is 0 Å². The average Bonchev–Trinajstić information content (AvgIpc) is 2.53. The molecule has 2 rings (SSSR count). The molecule has 0 aromatic heterocycles. The Bertz CT molecular complexity index is 673. The number of para-hydroxylation sites is 1. The highest BCUT2D eigenvalue weighted by molar-refractivity contribution is 6.30. The molecule has 5 heteroatoms. The van der Waals surface area contributed by atoms with Gasteiger partial charge in [-0.1, -0.05) is 29.8 Å². The normalized spacial score (nSPS) is 10.5. The molecule has 0 radical (unpaired) electrons. The molecule has 0 N–H and O–H groups in total. The smallest absolute Gasteiger partial charge is 0.336 e. The number of hydrogen-bond acceptors (Lipinski definition) is 4. The standard InChI is InChI=1S/C17H15ClO4/c1-20-14-7-4-8-15(21-2)17(14)22-16(19)10-9-12-5-3-6-13(18)11-12/h3-11H,1-2H3/b10-9+. The summed E-state index contributed by atoms with van der Waals surface area (Å²) in [4.78, 5) is 12.0. The first-order valence-electron chi connectivity index (χ1n) is 6.50. The highest BCUT2D eigenvalue weighted by atomic mass is 35.5. The lowest BCUT2D eigenvalue weighted by atomic mass is 10.2. The maximum Gasteiger partial charge on any atom is 0.336 e. The maximum atomic E-state index is 12.0. The fourth-order valence-electron chi connectivity index (χ4n) is 1.83. The summed E-state index contributed by atoms with van der Waals surface area (Å²) in [5.74, 6) is 0.545. The molecule has 0 spiro atoms. The Labute approximate surface area is 133 Å². The van der Waals surface area contributed by atoms with Crippen LogP contribution in [0.25, 0.3) is 6.08 Å². The van der Waals surface area contributed by atoms with Crippen LogP contribution in [0.2, 0.25) is 5.02 Å². The number of methoxy groups -OCH3 is 2. The van der Waals surface area contributed by atoms with Crippen LogP contribution >= 0.6 is 11.6 Å². The van der Waals surface area contributed by atoms with Gasteiger partial charge in [0.15, 0.2) is 11.5 Å². The summed E-state index contributed by atoms with van der Waals surface area (Å²) in [6, 6.07) is 12.3. The molecule has 2 aromatic carbocycles. The Balaban J connectivity index is 2.15. The van der Waals surface area contributed by atoms with Gasteiger partial charge in [-0.25, -0.2) is 4.79 Å². The monoisotopic (exact) mass is 318 g/mol. The predicted molar refractivity (Wildman–Crippen MR) is 85.7 cm³/mol. The van der Waals surface area contributed by atoms with Crippen molar-refractivity contribution in [3.8, 4) is 17.2 Å². The van der Waals surface area contributed by atoms with E-state index in [0.717, 1.165) is 5.56 Å². The third-order valence-electron chi connectivity index (χ3n) is 2.85. The molecular formula is C17H15ClO4. The van der Waals surface area contributed by atoms with Gasteiger partial charge < -0.3 is 14.2 Å². The van der Waals surface area contributed by atoms with Gasteiger partial charge in [0.2, 0.25) is 5.75 Å². The summed E-state index contributed by atoms with van der Waals surface area (Å²) in [6.45, 7) is 0. The summed E-state index contributed by atoms with van der Waals surface area (Å²) in [5.41, 5.74) is 0.802. The molecule has 0 saturated carbocycles. The molecule has 0 heterocycles. The van der Waals surface area contributed by atoms with E-state index < -0.39 is 5.97 Å². The van der Waals surface area contributed by atoms with Crippen molar-refractivity contribution in [2.24, 2.45) is 0 Å². The van der Waals surface area contributed by atoms with Crippen LogP contribution in [0, 0.1) is 0 Å². The molecule has 0 saturated heterocycles. The van der Waals surface area contributed by atoms with E-state index >= 15 is 0 Å². The van der Waals surface area contributed by atoms with Gasteiger partial charge in [0, 0.05) is 11.1 Å². The topological polar surface area (TPSA) is 44.8 Å². The summed E-state index contributed by atoms with van der Waals surface area (Å²) < 4.78 is 15.6. The van der Waals surface area contributed by atoms with Crippen LogP contribution in [0.5, 0.6) is 17.2 Å². The SMILES string of the molecule is COc1cccc(OC)c1OC(=O)/C=C/c1cccc(Cl)c1. The van der Waals surface area contributed by atoms with Crippen LogP contribution in [-0.4, -0.2) is 20.2 Å². The van der Waals surface area contributed by atoms with Crippen LogP contribution in [0.4, 0.5) is 0 Å². The Morgan fingerprint density at radius 3 is 2.27 bits per heavy atom. The Morgan fingerprint density at radius 2 is 1.68 bits per heavy atom. The molecule has 2 aromatic rings. The van der Waals surface area contributed by atoms with E-state index in [4.69, 9.17) is 25.8 Å². The molecule has 0 aliphatic rings. The van der Waals surface area contributed by atoms with E-state index in [-0.39, 0.29) is 5.75 Å². The van der Waals surface area contributed by atoms with Gasteiger partial charge in [-0.05, 0) is 35.9 Å². The van der Waals surface area contributed by atoms with Crippen LogP contribution in [0.15, 0.2) is 48.5 Å². The van der Waals surface area contributed by atoms with E-state index in [2.05, 4.69) is 0 Å². The van der Waals surface area contributed by atoms with E-state index in [1.165, 1.54) is 20.3 Å². The zero-order valence-electron chi connectivity index (χ0n) is 12.2. The Hall–Kier alpha value is -2.46. The maximum absolute atomic E-state index is 12.0. The molecular weight excluding hydrogens is 304 g/mol. The quantitative estimate of drug-likeness (QED) is 0.475. The van der Waals surface area contributed by atoms with E-state index in [0.29, 0.717) is 16.5 Å².